The normalized spacial score (nSPS) is 15.5. The first-order valence-electron chi connectivity index (χ1n) is 8.53. The van der Waals surface area contributed by atoms with E-state index in [2.05, 4.69) is 0 Å². The van der Waals surface area contributed by atoms with Crippen LogP contribution in [0.15, 0.2) is 29.2 Å². The van der Waals surface area contributed by atoms with Crippen LogP contribution in [0.4, 0.5) is 4.39 Å². The van der Waals surface area contributed by atoms with Crippen LogP contribution >= 0.6 is 0 Å². The average Bonchev–Trinajstić information content (AvgIpc) is 3.22. The Morgan fingerprint density at radius 1 is 1.15 bits per heavy atom. The molecule has 138 valence electrons. The fraction of sp³-hybridized carbons (Fsp3) is 0.368. The molecule has 4 rings (SSSR count). The minimum absolute atomic E-state index is 0.114. The van der Waals surface area contributed by atoms with Gasteiger partial charge in [-0.15, -0.1) is 0 Å². The van der Waals surface area contributed by atoms with Gasteiger partial charge in [0.05, 0.1) is 18.1 Å². The predicted molar refractivity (Wildman–Crippen MR) is 94.6 cm³/mol. The van der Waals surface area contributed by atoms with Gasteiger partial charge in [0.1, 0.15) is 17.3 Å². The van der Waals surface area contributed by atoms with E-state index in [4.69, 9.17) is 9.47 Å². The van der Waals surface area contributed by atoms with Gasteiger partial charge < -0.3 is 9.47 Å². The quantitative estimate of drug-likeness (QED) is 0.822. The zero-order valence-corrected chi connectivity index (χ0v) is 15.5. The largest absolute Gasteiger partial charge is 0.493 e. The lowest BCUT2D eigenvalue weighted by atomic mass is 9.99. The number of ether oxygens (including phenoxy) is 2. The maximum atomic E-state index is 13.3. The van der Waals surface area contributed by atoms with E-state index in [-0.39, 0.29) is 11.4 Å². The topological polar surface area (TPSA) is 55.8 Å². The highest BCUT2D eigenvalue weighted by atomic mass is 32.2. The van der Waals surface area contributed by atoms with Crippen molar-refractivity contribution in [3.63, 3.8) is 0 Å². The number of hydrogen-bond donors (Lipinski definition) is 0. The molecular formula is C19H20FNO4S. The molecule has 0 bridgehead atoms. The number of hydrogen-bond acceptors (Lipinski definition) is 4. The summed E-state index contributed by atoms with van der Waals surface area (Å²) in [4.78, 5) is 0.114. The van der Waals surface area contributed by atoms with Crippen molar-refractivity contribution in [1.82, 2.24) is 4.31 Å². The van der Waals surface area contributed by atoms with Crippen LogP contribution in [0.25, 0.3) is 0 Å². The monoisotopic (exact) mass is 377 g/mol. The molecule has 2 aliphatic rings. The molecule has 0 fully saturated rings. The summed E-state index contributed by atoms with van der Waals surface area (Å²) in [5, 5.41) is 0. The van der Waals surface area contributed by atoms with Gasteiger partial charge in [-0.05, 0) is 36.8 Å². The van der Waals surface area contributed by atoms with E-state index >= 15 is 0 Å². The molecule has 2 aromatic rings. The van der Waals surface area contributed by atoms with Gasteiger partial charge in [0, 0.05) is 43.1 Å². The van der Waals surface area contributed by atoms with E-state index < -0.39 is 15.8 Å². The molecule has 2 aliphatic heterocycles. The zero-order chi connectivity index (χ0) is 18.5. The van der Waals surface area contributed by atoms with E-state index in [1.165, 1.54) is 29.6 Å². The molecular weight excluding hydrogens is 357 g/mol. The molecule has 7 heteroatoms. The van der Waals surface area contributed by atoms with E-state index in [0.717, 1.165) is 41.0 Å². The molecule has 0 N–H and O–H groups in total. The predicted octanol–water partition coefficient (Wildman–Crippen LogP) is 2.82. The first kappa shape index (κ1) is 17.3. The van der Waals surface area contributed by atoms with Crippen molar-refractivity contribution in [3.8, 4) is 11.5 Å². The fourth-order valence-electron chi connectivity index (χ4n) is 3.63. The molecule has 0 atom stereocenters. The van der Waals surface area contributed by atoms with Crippen molar-refractivity contribution in [3.05, 3.63) is 52.3 Å². The van der Waals surface area contributed by atoms with Gasteiger partial charge in [0.25, 0.3) is 0 Å². The zero-order valence-electron chi connectivity index (χ0n) is 14.7. The number of nitrogens with zero attached hydrogens (tertiary/aromatic N) is 1. The Kier molecular flexibility index (Phi) is 4.16. The second-order valence-corrected chi connectivity index (χ2v) is 8.70. The van der Waals surface area contributed by atoms with Crippen LogP contribution in [-0.4, -0.2) is 33.0 Å². The van der Waals surface area contributed by atoms with Gasteiger partial charge in [-0.1, -0.05) is 0 Å². The average molecular weight is 377 g/mol. The summed E-state index contributed by atoms with van der Waals surface area (Å²) in [6.07, 6.45) is 1.54. The van der Waals surface area contributed by atoms with E-state index in [1.807, 2.05) is 6.07 Å². The highest BCUT2D eigenvalue weighted by molar-refractivity contribution is 7.89. The van der Waals surface area contributed by atoms with Gasteiger partial charge in [-0.2, -0.15) is 4.31 Å². The molecule has 0 unspecified atom stereocenters. The molecule has 0 saturated heterocycles. The van der Waals surface area contributed by atoms with Crippen LogP contribution in [0.5, 0.6) is 11.5 Å². The summed E-state index contributed by atoms with van der Waals surface area (Å²) >= 11 is 0. The molecule has 0 spiro atoms. The van der Waals surface area contributed by atoms with Crippen LogP contribution in [0.2, 0.25) is 0 Å². The number of benzene rings is 2. The summed E-state index contributed by atoms with van der Waals surface area (Å²) in [5.41, 5.74) is 3.34. The maximum Gasteiger partial charge on any atom is 0.243 e. The van der Waals surface area contributed by atoms with Crippen LogP contribution < -0.4 is 9.47 Å². The Balaban J connectivity index is 1.72. The number of rotatable bonds is 4. The van der Waals surface area contributed by atoms with Crippen LogP contribution in [-0.2, 0) is 29.4 Å². The lowest BCUT2D eigenvalue weighted by molar-refractivity contribution is 0.348. The van der Waals surface area contributed by atoms with Crippen molar-refractivity contribution in [1.29, 1.82) is 0 Å². The molecule has 26 heavy (non-hydrogen) atoms. The molecule has 0 amide bonds. The smallest absolute Gasteiger partial charge is 0.243 e. The number of fused-ring (bicyclic) bond motifs is 2. The molecule has 0 aromatic heterocycles. The van der Waals surface area contributed by atoms with Crippen LogP contribution in [0.1, 0.15) is 22.3 Å². The lowest BCUT2D eigenvalue weighted by Gasteiger charge is -2.21. The minimum Gasteiger partial charge on any atom is -0.493 e. The van der Waals surface area contributed by atoms with Gasteiger partial charge in [0.15, 0.2) is 0 Å². The van der Waals surface area contributed by atoms with Crippen LogP contribution in [0.3, 0.4) is 0 Å². The summed E-state index contributed by atoms with van der Waals surface area (Å²) in [6.45, 7) is 2.98. The highest BCUT2D eigenvalue weighted by Gasteiger charge is 2.30. The minimum atomic E-state index is -3.75. The number of halogens is 1. The van der Waals surface area contributed by atoms with Crippen molar-refractivity contribution in [2.24, 2.45) is 0 Å². The Bertz CT molecular complexity index is 955. The van der Waals surface area contributed by atoms with Gasteiger partial charge >= 0.3 is 0 Å². The van der Waals surface area contributed by atoms with Crippen molar-refractivity contribution in [2.75, 3.05) is 20.3 Å². The first-order valence-corrected chi connectivity index (χ1v) is 9.97. The molecule has 0 aliphatic carbocycles. The Morgan fingerprint density at radius 2 is 1.92 bits per heavy atom. The molecule has 2 heterocycles. The summed E-state index contributed by atoms with van der Waals surface area (Å²) in [7, 11) is -2.21. The second kappa shape index (κ2) is 6.25. The summed E-state index contributed by atoms with van der Waals surface area (Å²) < 4.78 is 52.1. The van der Waals surface area contributed by atoms with Gasteiger partial charge in [-0.25, -0.2) is 12.8 Å². The maximum absolute atomic E-state index is 13.3. The Hall–Kier alpha value is -2.12. The van der Waals surface area contributed by atoms with Crippen molar-refractivity contribution in [2.45, 2.75) is 31.2 Å². The standard InChI is InChI=1S/C19H20FNO4S/c1-12-9-14(20)3-4-18(12)26(22,23)21(2)11-16-15-6-8-24-17(15)10-13-5-7-25-19(13)16/h3-4,9-10H,5-8,11H2,1-2H3. The Labute approximate surface area is 152 Å². The third kappa shape index (κ3) is 2.75. The van der Waals surface area contributed by atoms with E-state index in [0.29, 0.717) is 18.8 Å². The third-order valence-corrected chi connectivity index (χ3v) is 6.93. The second-order valence-electron chi connectivity index (χ2n) is 6.69. The van der Waals surface area contributed by atoms with Crippen molar-refractivity contribution >= 4 is 10.0 Å². The van der Waals surface area contributed by atoms with E-state index in [1.54, 1.807) is 6.92 Å². The summed E-state index contributed by atoms with van der Waals surface area (Å²) in [6, 6.07) is 5.72. The Morgan fingerprint density at radius 3 is 2.69 bits per heavy atom. The SMILES string of the molecule is Cc1cc(F)ccc1S(=O)(=O)N(C)Cc1c2c(cc3c1OCC3)OCC2. The molecule has 0 radical (unpaired) electrons. The highest BCUT2D eigenvalue weighted by Crippen LogP contribution is 2.41. The van der Waals surface area contributed by atoms with Crippen LogP contribution in [0, 0.1) is 12.7 Å². The molecule has 0 saturated carbocycles. The lowest BCUT2D eigenvalue weighted by Crippen LogP contribution is -2.27. The molecule has 2 aromatic carbocycles. The summed E-state index contributed by atoms with van der Waals surface area (Å²) in [5.74, 6) is 1.16. The number of aryl methyl sites for hydroxylation is 1. The van der Waals surface area contributed by atoms with Gasteiger partial charge in [0.2, 0.25) is 10.0 Å². The number of sulfonamides is 1. The molecule has 5 nitrogen and oxygen atoms in total. The van der Waals surface area contributed by atoms with Gasteiger partial charge in [-0.3, -0.25) is 0 Å². The van der Waals surface area contributed by atoms with Crippen molar-refractivity contribution < 1.29 is 22.3 Å². The third-order valence-electron chi connectivity index (χ3n) is 4.97. The van der Waals surface area contributed by atoms with E-state index in [9.17, 15) is 12.8 Å². The first-order chi connectivity index (χ1) is 12.4. The fourth-order valence-corrected chi connectivity index (χ4v) is 4.97.